The van der Waals surface area contributed by atoms with E-state index < -0.39 is 0 Å². The molecule has 1 aliphatic rings. The van der Waals surface area contributed by atoms with Crippen LogP contribution in [0.25, 0.3) is 0 Å². The topological polar surface area (TPSA) is 50.7 Å². The molecule has 23 heavy (non-hydrogen) atoms. The lowest BCUT2D eigenvalue weighted by molar-refractivity contribution is -0.145. The van der Waals surface area contributed by atoms with Crippen LogP contribution >= 0.6 is 11.8 Å². The molecular weight excluding hydrogens is 308 g/mol. The van der Waals surface area contributed by atoms with Gasteiger partial charge in [0.2, 0.25) is 0 Å². The molecule has 1 aliphatic heterocycles. The lowest BCUT2D eigenvalue weighted by atomic mass is 9.95. The number of nitrogens with zero attached hydrogens (tertiary/aromatic N) is 1. The molecule has 2 atom stereocenters. The molecule has 5 heteroatoms. The van der Waals surface area contributed by atoms with E-state index in [1.165, 1.54) is 7.11 Å². The van der Waals surface area contributed by atoms with Crippen LogP contribution in [0.5, 0.6) is 0 Å². The maximum absolute atomic E-state index is 12.1. The molecule has 0 radical (unpaired) electrons. The minimum absolute atomic E-state index is 0.214. The quantitative estimate of drug-likeness (QED) is 0.873. The van der Waals surface area contributed by atoms with Crippen molar-refractivity contribution in [3.8, 4) is 0 Å². The van der Waals surface area contributed by atoms with Crippen LogP contribution in [0.15, 0.2) is 65.7 Å². The van der Waals surface area contributed by atoms with Gasteiger partial charge in [0.25, 0.3) is 0 Å². The third kappa shape index (κ3) is 3.74. The molecule has 0 spiro atoms. The molecule has 1 heterocycles. The van der Waals surface area contributed by atoms with E-state index in [1.807, 2.05) is 60.7 Å². The zero-order valence-electron chi connectivity index (χ0n) is 12.8. The Balaban J connectivity index is 1.88. The first-order chi connectivity index (χ1) is 11.3. The molecule has 118 valence electrons. The molecule has 3 rings (SSSR count). The van der Waals surface area contributed by atoms with Crippen LogP contribution in [0.1, 0.15) is 11.6 Å². The predicted octanol–water partition coefficient (Wildman–Crippen LogP) is 3.73. The fourth-order valence-corrected chi connectivity index (χ4v) is 3.57. The molecule has 1 N–H and O–H groups in total. The first kappa shape index (κ1) is 15.6. The van der Waals surface area contributed by atoms with Gasteiger partial charge < -0.3 is 10.1 Å². The number of carbonyl (C=O) groups excluding carboxylic acids is 1. The molecule has 0 aliphatic carbocycles. The number of carbonyl (C=O) groups is 1. The van der Waals surface area contributed by atoms with Gasteiger partial charge in [0.05, 0.1) is 19.1 Å². The highest BCUT2D eigenvalue weighted by molar-refractivity contribution is 8.14. The first-order valence-electron chi connectivity index (χ1n) is 7.43. The molecule has 0 unspecified atom stereocenters. The standard InChI is InChI=1S/C18H18N2O2S/c1-22-17(21)15-12-23-18(19-14-10-6-3-7-11-14)20-16(15)13-8-4-2-5-9-13/h2-11,15-16H,12H2,1H3,(H,19,20)/t15-,16-/m0/s1. The Morgan fingerprint density at radius 1 is 1.13 bits per heavy atom. The molecule has 0 aromatic heterocycles. The van der Waals surface area contributed by atoms with Crippen LogP contribution in [-0.2, 0) is 9.53 Å². The summed E-state index contributed by atoms with van der Waals surface area (Å²) in [5.74, 6) is 0.160. The van der Waals surface area contributed by atoms with Crippen molar-refractivity contribution in [1.29, 1.82) is 0 Å². The Bertz CT molecular complexity index is 689. The van der Waals surface area contributed by atoms with E-state index in [1.54, 1.807) is 11.8 Å². The molecule has 0 saturated heterocycles. The normalized spacial score (nSPS) is 20.5. The second-order valence-electron chi connectivity index (χ2n) is 5.22. The summed E-state index contributed by atoms with van der Waals surface area (Å²) in [6, 6.07) is 19.6. The summed E-state index contributed by atoms with van der Waals surface area (Å²) in [7, 11) is 1.43. The molecule has 0 amide bonds. The number of amidine groups is 1. The molecule has 0 bridgehead atoms. The summed E-state index contributed by atoms with van der Waals surface area (Å²) in [4.78, 5) is 16.9. The van der Waals surface area contributed by atoms with Crippen LogP contribution in [0.2, 0.25) is 0 Å². The summed E-state index contributed by atoms with van der Waals surface area (Å²) in [5, 5.41) is 4.14. The molecule has 0 fully saturated rings. The van der Waals surface area contributed by atoms with Gasteiger partial charge in [-0.3, -0.25) is 9.79 Å². The van der Waals surface area contributed by atoms with Crippen molar-refractivity contribution in [3.05, 3.63) is 66.2 Å². The predicted molar refractivity (Wildman–Crippen MR) is 94.6 cm³/mol. The number of hydrogen-bond acceptors (Lipinski definition) is 5. The van der Waals surface area contributed by atoms with Gasteiger partial charge in [-0.25, -0.2) is 0 Å². The van der Waals surface area contributed by atoms with Gasteiger partial charge in [0, 0.05) is 11.4 Å². The van der Waals surface area contributed by atoms with Crippen molar-refractivity contribution in [2.75, 3.05) is 18.2 Å². The van der Waals surface area contributed by atoms with E-state index in [9.17, 15) is 4.79 Å². The number of methoxy groups -OCH3 is 1. The number of anilines is 1. The number of benzene rings is 2. The van der Waals surface area contributed by atoms with Gasteiger partial charge in [0.15, 0.2) is 5.17 Å². The van der Waals surface area contributed by atoms with Gasteiger partial charge >= 0.3 is 5.97 Å². The number of para-hydroxylation sites is 1. The Kier molecular flexibility index (Phi) is 4.98. The Morgan fingerprint density at radius 2 is 1.78 bits per heavy atom. The van der Waals surface area contributed by atoms with Crippen LogP contribution in [0, 0.1) is 5.92 Å². The lowest BCUT2D eigenvalue weighted by Gasteiger charge is -2.27. The molecule has 0 saturated carbocycles. The zero-order chi connectivity index (χ0) is 16.1. The number of nitrogens with one attached hydrogen (secondary N) is 1. The fraction of sp³-hybridized carbons (Fsp3) is 0.222. The Labute approximate surface area is 140 Å². The second kappa shape index (κ2) is 7.33. The SMILES string of the molecule is COC(=O)[C@H]1CSC(Nc2ccccc2)=N[C@H]1c1ccccc1. The molecule has 2 aromatic rings. The molecule has 4 nitrogen and oxygen atoms in total. The fourth-order valence-electron chi connectivity index (χ4n) is 2.53. The molecular formula is C18H18N2O2S. The van der Waals surface area contributed by atoms with Crippen molar-refractivity contribution >= 4 is 28.6 Å². The number of rotatable bonds is 3. The largest absolute Gasteiger partial charge is 0.469 e. The number of ether oxygens (including phenoxy) is 1. The zero-order valence-corrected chi connectivity index (χ0v) is 13.6. The Morgan fingerprint density at radius 3 is 2.43 bits per heavy atom. The van der Waals surface area contributed by atoms with E-state index in [0.717, 1.165) is 16.4 Å². The minimum Gasteiger partial charge on any atom is -0.469 e. The lowest BCUT2D eigenvalue weighted by Crippen LogP contribution is -2.30. The summed E-state index contributed by atoms with van der Waals surface area (Å²) < 4.78 is 4.95. The minimum atomic E-state index is -0.270. The van der Waals surface area contributed by atoms with Crippen molar-refractivity contribution < 1.29 is 9.53 Å². The van der Waals surface area contributed by atoms with E-state index in [2.05, 4.69) is 5.32 Å². The van der Waals surface area contributed by atoms with Crippen LogP contribution < -0.4 is 5.32 Å². The van der Waals surface area contributed by atoms with E-state index in [0.29, 0.717) is 5.75 Å². The van der Waals surface area contributed by atoms with Gasteiger partial charge in [-0.05, 0) is 17.7 Å². The van der Waals surface area contributed by atoms with Crippen molar-refractivity contribution in [1.82, 2.24) is 0 Å². The summed E-state index contributed by atoms with van der Waals surface area (Å²) >= 11 is 1.55. The smallest absolute Gasteiger partial charge is 0.312 e. The first-order valence-corrected chi connectivity index (χ1v) is 8.42. The second-order valence-corrected chi connectivity index (χ2v) is 6.23. The van der Waals surface area contributed by atoms with Crippen molar-refractivity contribution in [3.63, 3.8) is 0 Å². The van der Waals surface area contributed by atoms with Crippen LogP contribution in [-0.4, -0.2) is 24.0 Å². The average Bonchev–Trinajstić information content (AvgIpc) is 2.62. The van der Waals surface area contributed by atoms with Crippen molar-refractivity contribution in [2.45, 2.75) is 6.04 Å². The summed E-state index contributed by atoms with van der Waals surface area (Å²) in [5.41, 5.74) is 2.01. The van der Waals surface area contributed by atoms with Gasteiger partial charge in [-0.15, -0.1) is 0 Å². The van der Waals surface area contributed by atoms with E-state index in [-0.39, 0.29) is 17.9 Å². The van der Waals surface area contributed by atoms with Crippen LogP contribution in [0.3, 0.4) is 0 Å². The number of hydrogen-bond donors (Lipinski definition) is 1. The maximum Gasteiger partial charge on any atom is 0.312 e. The molecule has 2 aromatic carbocycles. The Hall–Kier alpha value is -2.27. The monoisotopic (exact) mass is 326 g/mol. The summed E-state index contributed by atoms with van der Waals surface area (Å²) in [6.45, 7) is 0. The van der Waals surface area contributed by atoms with Gasteiger partial charge in [-0.2, -0.15) is 0 Å². The average molecular weight is 326 g/mol. The van der Waals surface area contributed by atoms with E-state index in [4.69, 9.17) is 9.73 Å². The highest BCUT2D eigenvalue weighted by atomic mass is 32.2. The third-order valence-electron chi connectivity index (χ3n) is 3.71. The number of thioether (sulfide) groups is 1. The van der Waals surface area contributed by atoms with Gasteiger partial charge in [0.1, 0.15) is 0 Å². The van der Waals surface area contributed by atoms with Gasteiger partial charge in [-0.1, -0.05) is 60.3 Å². The van der Waals surface area contributed by atoms with Crippen LogP contribution in [0.4, 0.5) is 5.69 Å². The number of aliphatic imine (C=N–C) groups is 1. The highest BCUT2D eigenvalue weighted by Crippen LogP contribution is 2.35. The number of esters is 1. The third-order valence-corrected chi connectivity index (χ3v) is 4.71. The van der Waals surface area contributed by atoms with E-state index >= 15 is 0 Å². The maximum atomic E-state index is 12.1. The summed E-state index contributed by atoms with van der Waals surface area (Å²) in [6.07, 6.45) is 0. The highest BCUT2D eigenvalue weighted by Gasteiger charge is 2.34. The van der Waals surface area contributed by atoms with Crippen molar-refractivity contribution in [2.24, 2.45) is 10.9 Å².